The van der Waals surface area contributed by atoms with Gasteiger partial charge in [-0.2, -0.15) is 0 Å². The molecule has 5 nitrogen and oxygen atoms in total. The van der Waals surface area contributed by atoms with E-state index in [2.05, 4.69) is 36.4 Å². The molecule has 0 aliphatic carbocycles. The van der Waals surface area contributed by atoms with Gasteiger partial charge in [0.15, 0.2) is 0 Å². The smallest absolute Gasteiger partial charge is 0.240 e. The maximum absolute atomic E-state index is 11.9. The lowest BCUT2D eigenvalue weighted by Crippen LogP contribution is -2.36. The molecule has 0 aliphatic rings. The molecule has 1 aromatic rings. The quantitative estimate of drug-likeness (QED) is 0.642. The summed E-state index contributed by atoms with van der Waals surface area (Å²) in [7, 11) is 0. The minimum Gasteiger partial charge on any atom is -0.352 e. The number of hydrogen-bond acceptors (Lipinski definition) is 3. The SMILES string of the molecule is CCCNCCc1cn(CC(=O)NC(CC)CC)cn1. The van der Waals surface area contributed by atoms with Crippen molar-refractivity contribution in [3.05, 3.63) is 18.2 Å². The van der Waals surface area contributed by atoms with Gasteiger partial charge in [0.1, 0.15) is 6.54 Å². The summed E-state index contributed by atoms with van der Waals surface area (Å²) in [6.45, 7) is 8.66. The lowest BCUT2D eigenvalue weighted by atomic mass is 10.2. The second-order valence-corrected chi connectivity index (χ2v) is 5.12. The van der Waals surface area contributed by atoms with Gasteiger partial charge in [0.05, 0.1) is 12.0 Å². The molecule has 20 heavy (non-hydrogen) atoms. The summed E-state index contributed by atoms with van der Waals surface area (Å²) in [5.41, 5.74) is 1.03. The first kappa shape index (κ1) is 16.7. The van der Waals surface area contributed by atoms with E-state index in [1.54, 1.807) is 6.33 Å². The van der Waals surface area contributed by atoms with Crippen LogP contribution >= 0.6 is 0 Å². The van der Waals surface area contributed by atoms with Gasteiger partial charge in [0.25, 0.3) is 0 Å². The number of nitrogens with zero attached hydrogens (tertiary/aromatic N) is 2. The largest absolute Gasteiger partial charge is 0.352 e. The Morgan fingerprint density at radius 2 is 2.05 bits per heavy atom. The predicted octanol–water partition coefficient (Wildman–Crippen LogP) is 1.73. The number of carbonyl (C=O) groups excluding carboxylic acids is 1. The van der Waals surface area contributed by atoms with Crippen LogP contribution in [0.3, 0.4) is 0 Å². The lowest BCUT2D eigenvalue weighted by Gasteiger charge is -2.14. The summed E-state index contributed by atoms with van der Waals surface area (Å²) in [4.78, 5) is 16.2. The van der Waals surface area contributed by atoms with Gasteiger partial charge in [0.2, 0.25) is 5.91 Å². The first-order valence-corrected chi connectivity index (χ1v) is 7.70. The Balaban J connectivity index is 2.33. The number of imidazole rings is 1. The van der Waals surface area contributed by atoms with E-state index < -0.39 is 0 Å². The van der Waals surface area contributed by atoms with Crippen LogP contribution in [0.1, 0.15) is 45.7 Å². The van der Waals surface area contributed by atoms with Crippen molar-refractivity contribution >= 4 is 5.91 Å². The first-order chi connectivity index (χ1) is 9.69. The second-order valence-electron chi connectivity index (χ2n) is 5.12. The minimum atomic E-state index is 0.0618. The van der Waals surface area contributed by atoms with Crippen LogP contribution in [0.2, 0.25) is 0 Å². The van der Waals surface area contributed by atoms with Crippen molar-refractivity contribution in [2.45, 2.75) is 59.0 Å². The van der Waals surface area contributed by atoms with Crippen LogP contribution in [0.25, 0.3) is 0 Å². The Bertz CT molecular complexity index is 385. The molecule has 1 amide bonds. The van der Waals surface area contributed by atoms with E-state index in [1.165, 1.54) is 0 Å². The third kappa shape index (κ3) is 6.19. The molecule has 114 valence electrons. The highest BCUT2D eigenvalue weighted by Gasteiger charge is 2.09. The van der Waals surface area contributed by atoms with Crippen molar-refractivity contribution < 1.29 is 4.79 Å². The zero-order chi connectivity index (χ0) is 14.8. The molecular weight excluding hydrogens is 252 g/mol. The van der Waals surface area contributed by atoms with E-state index in [4.69, 9.17) is 0 Å². The van der Waals surface area contributed by atoms with Crippen molar-refractivity contribution in [3.8, 4) is 0 Å². The van der Waals surface area contributed by atoms with Gasteiger partial charge < -0.3 is 15.2 Å². The average Bonchev–Trinajstić information content (AvgIpc) is 2.88. The summed E-state index contributed by atoms with van der Waals surface area (Å²) in [5.74, 6) is 0.0618. The monoisotopic (exact) mass is 280 g/mol. The molecule has 1 heterocycles. The highest BCUT2D eigenvalue weighted by atomic mass is 16.2. The van der Waals surface area contributed by atoms with Crippen molar-refractivity contribution in [3.63, 3.8) is 0 Å². The Labute approximate surface area is 122 Å². The third-order valence-corrected chi connectivity index (χ3v) is 3.35. The predicted molar refractivity (Wildman–Crippen MR) is 81.6 cm³/mol. The highest BCUT2D eigenvalue weighted by Crippen LogP contribution is 1.99. The van der Waals surface area contributed by atoms with E-state index in [0.717, 1.165) is 44.5 Å². The van der Waals surface area contributed by atoms with E-state index in [9.17, 15) is 4.79 Å². The second kappa shape index (κ2) is 9.53. The molecule has 0 aromatic carbocycles. The average molecular weight is 280 g/mol. The summed E-state index contributed by atoms with van der Waals surface area (Å²) in [5, 5.41) is 6.38. The number of aromatic nitrogens is 2. The Morgan fingerprint density at radius 3 is 2.70 bits per heavy atom. The number of rotatable bonds is 10. The molecule has 1 aromatic heterocycles. The fourth-order valence-corrected chi connectivity index (χ4v) is 2.07. The Hall–Kier alpha value is -1.36. The molecular formula is C15H28N4O. The van der Waals surface area contributed by atoms with E-state index in [0.29, 0.717) is 6.54 Å². The van der Waals surface area contributed by atoms with Crippen molar-refractivity contribution in [2.24, 2.45) is 0 Å². The number of carbonyl (C=O) groups is 1. The van der Waals surface area contributed by atoms with Gasteiger partial charge >= 0.3 is 0 Å². The molecule has 0 unspecified atom stereocenters. The van der Waals surface area contributed by atoms with Gasteiger partial charge in [-0.25, -0.2) is 4.98 Å². The van der Waals surface area contributed by atoms with E-state index >= 15 is 0 Å². The van der Waals surface area contributed by atoms with Gasteiger partial charge in [0, 0.05) is 25.2 Å². The summed E-state index contributed by atoms with van der Waals surface area (Å²) in [6, 6.07) is 0.281. The number of amides is 1. The molecule has 0 bridgehead atoms. The highest BCUT2D eigenvalue weighted by molar-refractivity contribution is 5.76. The fraction of sp³-hybridized carbons (Fsp3) is 0.733. The maximum atomic E-state index is 11.9. The topological polar surface area (TPSA) is 59.0 Å². The summed E-state index contributed by atoms with van der Waals surface area (Å²) in [6.07, 6.45) is 7.69. The van der Waals surface area contributed by atoms with Crippen LogP contribution in [-0.2, 0) is 17.8 Å². The molecule has 0 fully saturated rings. The van der Waals surface area contributed by atoms with Crippen LogP contribution < -0.4 is 10.6 Å². The molecule has 2 N–H and O–H groups in total. The number of nitrogens with one attached hydrogen (secondary N) is 2. The zero-order valence-corrected chi connectivity index (χ0v) is 13.0. The van der Waals surface area contributed by atoms with Gasteiger partial charge in [-0.05, 0) is 25.8 Å². The van der Waals surface area contributed by atoms with Crippen LogP contribution in [0.15, 0.2) is 12.5 Å². The van der Waals surface area contributed by atoms with Crippen LogP contribution in [0.4, 0.5) is 0 Å². The van der Waals surface area contributed by atoms with E-state index in [-0.39, 0.29) is 11.9 Å². The molecule has 0 atom stereocenters. The minimum absolute atomic E-state index is 0.0618. The molecule has 0 radical (unpaired) electrons. The standard InChI is InChI=1S/C15H28N4O/c1-4-8-16-9-7-14-10-19(12-17-14)11-15(20)18-13(5-2)6-3/h10,12-13,16H,4-9,11H2,1-3H3,(H,18,20). The summed E-state index contributed by atoms with van der Waals surface area (Å²) >= 11 is 0. The zero-order valence-electron chi connectivity index (χ0n) is 13.0. The van der Waals surface area contributed by atoms with Gasteiger partial charge in [-0.3, -0.25) is 4.79 Å². The molecule has 0 spiro atoms. The van der Waals surface area contributed by atoms with Crippen molar-refractivity contribution in [1.29, 1.82) is 0 Å². The molecule has 0 aliphatic heterocycles. The lowest BCUT2D eigenvalue weighted by molar-refractivity contribution is -0.122. The normalized spacial score (nSPS) is 11.0. The molecule has 0 saturated heterocycles. The van der Waals surface area contributed by atoms with Crippen molar-refractivity contribution in [1.82, 2.24) is 20.2 Å². The molecule has 5 heteroatoms. The van der Waals surface area contributed by atoms with Crippen LogP contribution in [0.5, 0.6) is 0 Å². The van der Waals surface area contributed by atoms with Gasteiger partial charge in [-0.1, -0.05) is 20.8 Å². The number of hydrogen-bond donors (Lipinski definition) is 2. The van der Waals surface area contributed by atoms with Crippen LogP contribution in [-0.4, -0.2) is 34.6 Å². The van der Waals surface area contributed by atoms with Crippen molar-refractivity contribution in [2.75, 3.05) is 13.1 Å². The first-order valence-electron chi connectivity index (χ1n) is 7.70. The molecule has 0 saturated carbocycles. The molecule has 1 rings (SSSR count). The van der Waals surface area contributed by atoms with Crippen LogP contribution in [0, 0.1) is 0 Å². The Morgan fingerprint density at radius 1 is 1.30 bits per heavy atom. The fourth-order valence-electron chi connectivity index (χ4n) is 2.07. The van der Waals surface area contributed by atoms with Gasteiger partial charge in [-0.15, -0.1) is 0 Å². The summed E-state index contributed by atoms with van der Waals surface area (Å²) < 4.78 is 1.85. The third-order valence-electron chi connectivity index (χ3n) is 3.35. The maximum Gasteiger partial charge on any atom is 0.240 e. The Kier molecular flexibility index (Phi) is 7.95. The van der Waals surface area contributed by atoms with E-state index in [1.807, 2.05) is 10.8 Å².